The molecule has 0 saturated carbocycles. The minimum Gasteiger partial charge on any atom is -0.352 e. The first kappa shape index (κ1) is 11.9. The number of aryl methyl sites for hydroxylation is 1. The zero-order valence-electron chi connectivity index (χ0n) is 8.87. The Morgan fingerprint density at radius 1 is 1.67 bits per heavy atom. The summed E-state index contributed by atoms with van der Waals surface area (Å²) in [6.07, 6.45) is 3.89. The maximum atomic E-state index is 11.5. The van der Waals surface area contributed by atoms with Gasteiger partial charge in [0.2, 0.25) is 0 Å². The summed E-state index contributed by atoms with van der Waals surface area (Å²) < 4.78 is 10.8. The smallest absolute Gasteiger partial charge is 0.254 e. The third-order valence-electron chi connectivity index (χ3n) is 1.97. The van der Waals surface area contributed by atoms with E-state index in [1.54, 1.807) is 13.2 Å². The Balaban J connectivity index is 2.31. The Bertz CT molecular complexity index is 362. The maximum Gasteiger partial charge on any atom is 0.254 e. The largest absolute Gasteiger partial charge is 0.352 e. The van der Waals surface area contributed by atoms with Crippen molar-refractivity contribution in [1.29, 1.82) is 0 Å². The van der Waals surface area contributed by atoms with Crippen LogP contribution in [-0.2, 0) is 10.8 Å². The Morgan fingerprint density at radius 2 is 2.40 bits per heavy atom. The van der Waals surface area contributed by atoms with Crippen LogP contribution in [0.3, 0.4) is 0 Å². The van der Waals surface area contributed by atoms with Crippen molar-refractivity contribution in [2.75, 3.05) is 18.6 Å². The van der Waals surface area contributed by atoms with Crippen LogP contribution in [0.15, 0.2) is 6.20 Å². The van der Waals surface area contributed by atoms with E-state index in [0.717, 1.165) is 12.1 Å². The van der Waals surface area contributed by atoms with Crippen LogP contribution in [0.25, 0.3) is 0 Å². The van der Waals surface area contributed by atoms with Crippen molar-refractivity contribution in [2.24, 2.45) is 0 Å². The van der Waals surface area contributed by atoms with Crippen LogP contribution >= 0.6 is 0 Å². The highest BCUT2D eigenvalue weighted by Gasteiger charge is 2.09. The van der Waals surface area contributed by atoms with Crippen molar-refractivity contribution >= 4 is 16.7 Å². The number of nitrogens with zero attached hydrogens (tertiary/aromatic N) is 1. The number of carbonyl (C=O) groups is 1. The molecule has 1 aromatic heterocycles. The lowest BCUT2D eigenvalue weighted by Crippen LogP contribution is -2.25. The van der Waals surface area contributed by atoms with Crippen molar-refractivity contribution in [3.8, 4) is 0 Å². The summed E-state index contributed by atoms with van der Waals surface area (Å²) in [6.45, 7) is 2.34. The number of nitrogens with one attached hydrogen (secondary N) is 2. The molecular formula is C9H15N3O2S. The van der Waals surface area contributed by atoms with Gasteiger partial charge in [-0.15, -0.1) is 0 Å². The lowest BCUT2D eigenvalue weighted by Gasteiger charge is -2.02. The van der Waals surface area contributed by atoms with E-state index in [0.29, 0.717) is 17.9 Å². The molecule has 1 rings (SSSR count). The number of hydrogen-bond acceptors (Lipinski definition) is 3. The first-order valence-electron chi connectivity index (χ1n) is 4.69. The van der Waals surface area contributed by atoms with Crippen LogP contribution in [0.2, 0.25) is 0 Å². The third-order valence-corrected chi connectivity index (χ3v) is 2.83. The molecule has 84 valence electrons. The summed E-state index contributed by atoms with van der Waals surface area (Å²) in [5, 5.41) is 9.21. The number of amides is 1. The highest BCUT2D eigenvalue weighted by atomic mass is 32.2. The number of rotatable bonds is 5. The summed E-state index contributed by atoms with van der Waals surface area (Å²) in [7, 11) is -0.791. The first-order chi connectivity index (χ1) is 7.11. The molecular weight excluding hydrogens is 214 g/mol. The molecule has 0 fully saturated rings. The van der Waals surface area contributed by atoms with E-state index < -0.39 is 10.8 Å². The van der Waals surface area contributed by atoms with Crippen LogP contribution in [0.5, 0.6) is 0 Å². The lowest BCUT2D eigenvalue weighted by atomic mass is 10.2. The van der Waals surface area contributed by atoms with E-state index in [2.05, 4.69) is 15.5 Å². The molecule has 0 aliphatic carbocycles. The van der Waals surface area contributed by atoms with Crippen molar-refractivity contribution in [3.05, 3.63) is 17.5 Å². The van der Waals surface area contributed by atoms with Crippen LogP contribution in [-0.4, -0.2) is 38.9 Å². The number of aromatic amines is 1. The number of aromatic nitrogens is 2. The Kier molecular flexibility index (Phi) is 4.48. The van der Waals surface area contributed by atoms with Gasteiger partial charge in [-0.2, -0.15) is 5.10 Å². The van der Waals surface area contributed by atoms with Gasteiger partial charge in [0.15, 0.2) is 0 Å². The van der Waals surface area contributed by atoms with Crippen molar-refractivity contribution in [1.82, 2.24) is 15.5 Å². The number of carbonyl (C=O) groups excluding carboxylic acids is 1. The fourth-order valence-electron chi connectivity index (χ4n) is 1.15. The van der Waals surface area contributed by atoms with Gasteiger partial charge in [-0.3, -0.25) is 14.1 Å². The summed E-state index contributed by atoms with van der Waals surface area (Å²) in [4.78, 5) is 11.5. The van der Waals surface area contributed by atoms with Gasteiger partial charge in [0.05, 0.1) is 11.8 Å². The summed E-state index contributed by atoms with van der Waals surface area (Å²) in [5.74, 6) is 0.480. The minimum atomic E-state index is -0.791. The van der Waals surface area contributed by atoms with Crippen molar-refractivity contribution in [2.45, 2.75) is 13.3 Å². The topological polar surface area (TPSA) is 74.8 Å². The SMILES string of the molecule is Cc1[nH]ncc1C(=O)NCCCS(C)=O. The standard InChI is InChI=1S/C9H15N3O2S/c1-7-8(6-11-12-7)9(13)10-4-3-5-15(2)14/h6H,3-5H2,1-2H3,(H,10,13)(H,11,12). The van der Waals surface area contributed by atoms with Gasteiger partial charge in [-0.1, -0.05) is 0 Å². The van der Waals surface area contributed by atoms with E-state index in [-0.39, 0.29) is 5.91 Å². The van der Waals surface area contributed by atoms with E-state index in [9.17, 15) is 9.00 Å². The van der Waals surface area contributed by atoms with Gasteiger partial charge in [0.25, 0.3) is 5.91 Å². The van der Waals surface area contributed by atoms with E-state index in [1.165, 1.54) is 6.20 Å². The minimum absolute atomic E-state index is 0.136. The second-order valence-corrected chi connectivity index (χ2v) is 4.85. The van der Waals surface area contributed by atoms with E-state index in [4.69, 9.17) is 0 Å². The highest BCUT2D eigenvalue weighted by molar-refractivity contribution is 7.84. The summed E-state index contributed by atoms with van der Waals surface area (Å²) in [5.41, 5.74) is 1.32. The summed E-state index contributed by atoms with van der Waals surface area (Å²) in [6, 6.07) is 0. The van der Waals surface area contributed by atoms with Gasteiger partial charge < -0.3 is 5.32 Å². The third kappa shape index (κ3) is 3.83. The maximum absolute atomic E-state index is 11.5. The fourth-order valence-corrected chi connectivity index (χ4v) is 1.70. The highest BCUT2D eigenvalue weighted by Crippen LogP contribution is 2.01. The average Bonchev–Trinajstić information content (AvgIpc) is 2.58. The van der Waals surface area contributed by atoms with Gasteiger partial charge in [-0.25, -0.2) is 0 Å². The van der Waals surface area contributed by atoms with Crippen molar-refractivity contribution < 1.29 is 9.00 Å². The van der Waals surface area contributed by atoms with Gasteiger partial charge in [0, 0.05) is 35.0 Å². The Morgan fingerprint density at radius 3 is 2.93 bits per heavy atom. The molecule has 0 bridgehead atoms. The lowest BCUT2D eigenvalue weighted by molar-refractivity contribution is 0.0953. The molecule has 0 aliphatic rings. The molecule has 1 amide bonds. The molecule has 0 spiro atoms. The van der Waals surface area contributed by atoms with Crippen LogP contribution in [0.1, 0.15) is 22.5 Å². The first-order valence-corrected chi connectivity index (χ1v) is 6.42. The van der Waals surface area contributed by atoms with Crippen LogP contribution < -0.4 is 5.32 Å². The van der Waals surface area contributed by atoms with Gasteiger partial charge in [-0.05, 0) is 13.3 Å². The predicted octanol–water partition coefficient (Wildman–Crippen LogP) is 0.217. The molecule has 0 radical (unpaired) electrons. The monoisotopic (exact) mass is 229 g/mol. The zero-order valence-corrected chi connectivity index (χ0v) is 9.69. The second-order valence-electron chi connectivity index (χ2n) is 3.30. The second kappa shape index (κ2) is 5.65. The fraction of sp³-hybridized carbons (Fsp3) is 0.556. The van der Waals surface area contributed by atoms with E-state index in [1.807, 2.05) is 0 Å². The molecule has 1 heterocycles. The Hall–Kier alpha value is -1.17. The molecule has 2 N–H and O–H groups in total. The molecule has 1 unspecified atom stereocenters. The normalized spacial score (nSPS) is 12.4. The predicted molar refractivity (Wildman–Crippen MR) is 59.2 cm³/mol. The Labute approximate surface area is 91.1 Å². The van der Waals surface area contributed by atoms with Crippen molar-refractivity contribution in [3.63, 3.8) is 0 Å². The molecule has 0 aliphatic heterocycles. The molecule has 0 aromatic carbocycles. The molecule has 15 heavy (non-hydrogen) atoms. The number of hydrogen-bond donors (Lipinski definition) is 2. The molecule has 1 aromatic rings. The molecule has 6 heteroatoms. The van der Waals surface area contributed by atoms with Crippen LogP contribution in [0.4, 0.5) is 0 Å². The molecule has 1 atom stereocenters. The molecule has 5 nitrogen and oxygen atoms in total. The average molecular weight is 229 g/mol. The number of H-pyrrole nitrogens is 1. The van der Waals surface area contributed by atoms with Gasteiger partial charge in [0.1, 0.15) is 0 Å². The molecule has 0 saturated heterocycles. The van der Waals surface area contributed by atoms with Crippen LogP contribution in [0, 0.1) is 6.92 Å². The van der Waals surface area contributed by atoms with E-state index >= 15 is 0 Å². The quantitative estimate of drug-likeness (QED) is 0.709. The zero-order chi connectivity index (χ0) is 11.3. The summed E-state index contributed by atoms with van der Waals surface area (Å²) >= 11 is 0. The van der Waals surface area contributed by atoms with Gasteiger partial charge >= 0.3 is 0 Å².